The second-order valence-corrected chi connectivity index (χ2v) is 3.03. The first-order valence-corrected chi connectivity index (χ1v) is 4.46. The number of hydrogen-bond donors (Lipinski definition) is 1. The third kappa shape index (κ3) is 2.99. The van der Waals surface area contributed by atoms with Gasteiger partial charge in [0.05, 0.1) is 6.20 Å². The highest BCUT2D eigenvalue weighted by atomic mass is 35.5. The number of hydrogen-bond acceptors (Lipinski definition) is 3. The van der Waals surface area contributed by atoms with Gasteiger partial charge in [-0.2, -0.15) is 4.98 Å². The Balaban J connectivity index is 2.87. The zero-order chi connectivity index (χ0) is 9.84. The molecule has 0 atom stereocenters. The van der Waals surface area contributed by atoms with Crippen molar-refractivity contribution in [1.29, 1.82) is 0 Å². The van der Waals surface area contributed by atoms with Crippen molar-refractivity contribution in [2.75, 3.05) is 11.2 Å². The Morgan fingerprint density at radius 2 is 2.23 bits per heavy atom. The van der Waals surface area contributed by atoms with E-state index in [4.69, 9.17) is 34.8 Å². The normalized spacial score (nSPS) is 9.77. The summed E-state index contributed by atoms with van der Waals surface area (Å²) in [6.45, 7) is 0. The van der Waals surface area contributed by atoms with Gasteiger partial charge in [0, 0.05) is 0 Å². The van der Waals surface area contributed by atoms with E-state index in [1.165, 1.54) is 6.20 Å². The summed E-state index contributed by atoms with van der Waals surface area (Å²) in [6.07, 6.45) is 1.29. The molecule has 4 nitrogen and oxygen atoms in total. The lowest BCUT2D eigenvalue weighted by Gasteiger charge is -2.03. The second-order valence-electron chi connectivity index (χ2n) is 2.02. The molecule has 0 aliphatic heterocycles. The average Bonchev–Trinajstić information content (AvgIpc) is 2.11. The fraction of sp³-hybridized carbons (Fsp3) is 0.167. The van der Waals surface area contributed by atoms with Crippen LogP contribution in [0.1, 0.15) is 0 Å². The van der Waals surface area contributed by atoms with Gasteiger partial charge in [-0.1, -0.05) is 11.6 Å². The first-order valence-electron chi connectivity index (χ1n) is 3.17. The molecule has 1 N–H and O–H groups in total. The number of halogens is 3. The Kier molecular flexibility index (Phi) is 3.71. The molecule has 0 bridgehead atoms. The van der Waals surface area contributed by atoms with Gasteiger partial charge in [0.2, 0.25) is 11.2 Å². The first-order chi connectivity index (χ1) is 6.13. The van der Waals surface area contributed by atoms with E-state index in [1.54, 1.807) is 0 Å². The summed E-state index contributed by atoms with van der Waals surface area (Å²) in [5.41, 5.74) is 0. The fourth-order valence-electron chi connectivity index (χ4n) is 0.599. The van der Waals surface area contributed by atoms with Crippen molar-refractivity contribution in [2.45, 2.75) is 0 Å². The van der Waals surface area contributed by atoms with Crippen molar-refractivity contribution in [3.8, 4) is 0 Å². The Morgan fingerprint density at radius 3 is 2.85 bits per heavy atom. The summed E-state index contributed by atoms with van der Waals surface area (Å²) in [4.78, 5) is 18.1. The minimum atomic E-state index is -0.404. The van der Waals surface area contributed by atoms with Crippen molar-refractivity contribution in [3.63, 3.8) is 0 Å². The third-order valence-electron chi connectivity index (χ3n) is 1.09. The van der Waals surface area contributed by atoms with Gasteiger partial charge in [0.1, 0.15) is 10.9 Å². The molecule has 0 saturated heterocycles. The van der Waals surface area contributed by atoms with E-state index in [9.17, 15) is 4.79 Å². The van der Waals surface area contributed by atoms with E-state index in [0.717, 1.165) is 0 Å². The van der Waals surface area contributed by atoms with Gasteiger partial charge in [-0.25, -0.2) is 4.98 Å². The van der Waals surface area contributed by atoms with Gasteiger partial charge < -0.3 is 5.32 Å². The third-order valence-corrected chi connectivity index (χ3v) is 1.80. The summed E-state index contributed by atoms with van der Waals surface area (Å²) in [7, 11) is 0. The number of alkyl halides is 1. The van der Waals surface area contributed by atoms with Crippen molar-refractivity contribution >= 4 is 46.5 Å². The number of anilines is 1. The standard InChI is InChI=1S/C6H4Cl3N3O/c7-1-4(13)11-5-3(8)2-10-6(9)12-5/h2H,1H2,(H,10,11,12,13). The van der Waals surface area contributed by atoms with Gasteiger partial charge in [0.25, 0.3) is 0 Å². The van der Waals surface area contributed by atoms with Gasteiger partial charge in [-0.3, -0.25) is 4.79 Å². The minimum absolute atomic E-state index is 0.00859. The largest absolute Gasteiger partial charge is 0.308 e. The molecule has 0 unspecified atom stereocenters. The quantitative estimate of drug-likeness (QED) is 0.635. The molecule has 1 heterocycles. The molecule has 0 saturated carbocycles. The molecular weight excluding hydrogens is 236 g/mol. The van der Waals surface area contributed by atoms with E-state index < -0.39 is 5.91 Å². The first kappa shape index (κ1) is 10.5. The monoisotopic (exact) mass is 239 g/mol. The molecule has 0 fully saturated rings. The molecule has 1 amide bonds. The Morgan fingerprint density at radius 1 is 1.54 bits per heavy atom. The van der Waals surface area contributed by atoms with Crippen LogP contribution in [0, 0.1) is 0 Å². The molecule has 7 heteroatoms. The molecule has 13 heavy (non-hydrogen) atoms. The number of nitrogens with zero attached hydrogens (tertiary/aromatic N) is 2. The topological polar surface area (TPSA) is 54.9 Å². The predicted molar refractivity (Wildman–Crippen MR) is 51.4 cm³/mol. The number of nitrogens with one attached hydrogen (secondary N) is 1. The van der Waals surface area contributed by atoms with Gasteiger partial charge in [-0.15, -0.1) is 11.6 Å². The van der Waals surface area contributed by atoms with Crippen LogP contribution < -0.4 is 5.32 Å². The summed E-state index contributed by atoms with van der Waals surface area (Å²) >= 11 is 16.4. The highest BCUT2D eigenvalue weighted by molar-refractivity contribution is 6.35. The average molecular weight is 240 g/mol. The van der Waals surface area contributed by atoms with Crippen molar-refractivity contribution in [1.82, 2.24) is 9.97 Å². The predicted octanol–water partition coefficient (Wildman–Crippen LogP) is 1.96. The molecule has 70 valence electrons. The van der Waals surface area contributed by atoms with Crippen molar-refractivity contribution < 1.29 is 4.79 Å². The molecule has 0 radical (unpaired) electrons. The second kappa shape index (κ2) is 4.60. The van der Waals surface area contributed by atoms with Crippen LogP contribution in [-0.2, 0) is 4.79 Å². The van der Waals surface area contributed by atoms with E-state index in [0.29, 0.717) is 0 Å². The molecular formula is C6H4Cl3N3O. The summed E-state index contributed by atoms with van der Waals surface area (Å²) in [5.74, 6) is -0.413. The number of amides is 1. The Labute approximate surface area is 89.2 Å². The molecule has 0 aliphatic carbocycles. The maximum absolute atomic E-state index is 10.8. The van der Waals surface area contributed by atoms with Crippen LogP contribution in [0.15, 0.2) is 6.20 Å². The van der Waals surface area contributed by atoms with Crippen LogP contribution in [0.2, 0.25) is 10.3 Å². The van der Waals surface area contributed by atoms with Gasteiger partial charge in [-0.05, 0) is 11.6 Å². The van der Waals surface area contributed by atoms with Crippen molar-refractivity contribution in [2.24, 2.45) is 0 Å². The maximum Gasteiger partial charge on any atom is 0.240 e. The molecule has 0 aromatic carbocycles. The smallest absolute Gasteiger partial charge is 0.240 e. The van der Waals surface area contributed by atoms with Crippen LogP contribution in [0.5, 0.6) is 0 Å². The van der Waals surface area contributed by atoms with Crippen LogP contribution in [0.25, 0.3) is 0 Å². The van der Waals surface area contributed by atoms with E-state index in [1.807, 2.05) is 0 Å². The van der Waals surface area contributed by atoms with E-state index in [2.05, 4.69) is 15.3 Å². The zero-order valence-corrected chi connectivity index (χ0v) is 8.49. The SMILES string of the molecule is O=C(CCl)Nc1nc(Cl)ncc1Cl. The molecule has 1 aromatic heterocycles. The number of aromatic nitrogens is 2. The van der Waals surface area contributed by atoms with Crippen LogP contribution in [-0.4, -0.2) is 21.8 Å². The van der Waals surface area contributed by atoms with Crippen molar-refractivity contribution in [3.05, 3.63) is 16.5 Å². The summed E-state index contributed by atoms with van der Waals surface area (Å²) in [5, 5.41) is 2.58. The minimum Gasteiger partial charge on any atom is -0.308 e. The summed E-state index contributed by atoms with van der Waals surface area (Å²) in [6, 6.07) is 0. The molecule has 1 rings (SSSR count). The number of carbonyl (C=O) groups is 1. The van der Waals surface area contributed by atoms with Gasteiger partial charge in [0.15, 0.2) is 5.82 Å². The van der Waals surface area contributed by atoms with E-state index in [-0.39, 0.29) is 22.0 Å². The fourth-order valence-corrected chi connectivity index (χ4v) is 0.937. The molecule has 0 spiro atoms. The van der Waals surface area contributed by atoms with Crippen LogP contribution in [0.3, 0.4) is 0 Å². The van der Waals surface area contributed by atoms with Crippen LogP contribution in [0.4, 0.5) is 5.82 Å². The highest BCUT2D eigenvalue weighted by Crippen LogP contribution is 2.18. The Bertz CT molecular complexity index is 331. The highest BCUT2D eigenvalue weighted by Gasteiger charge is 2.07. The van der Waals surface area contributed by atoms with Crippen LogP contribution >= 0.6 is 34.8 Å². The lowest BCUT2D eigenvalue weighted by atomic mass is 10.5. The number of rotatable bonds is 2. The maximum atomic E-state index is 10.8. The lowest BCUT2D eigenvalue weighted by molar-refractivity contribution is -0.113. The van der Waals surface area contributed by atoms with Gasteiger partial charge >= 0.3 is 0 Å². The van der Waals surface area contributed by atoms with E-state index >= 15 is 0 Å². The Hall–Kier alpha value is -0.580. The number of carbonyl (C=O) groups excluding carboxylic acids is 1. The zero-order valence-electron chi connectivity index (χ0n) is 6.22. The lowest BCUT2D eigenvalue weighted by Crippen LogP contribution is -2.14. The molecule has 0 aliphatic rings. The summed E-state index contributed by atoms with van der Waals surface area (Å²) < 4.78 is 0. The molecule has 1 aromatic rings.